The molecule has 0 spiro atoms. The molecule has 4 nitrogen and oxygen atoms in total. The summed E-state index contributed by atoms with van der Waals surface area (Å²) in [7, 11) is 0. The third-order valence-corrected chi connectivity index (χ3v) is 6.42. The summed E-state index contributed by atoms with van der Waals surface area (Å²) in [5.74, 6) is -0.145. The maximum absolute atomic E-state index is 13.6. The van der Waals surface area contributed by atoms with E-state index in [-0.39, 0.29) is 11.8 Å². The van der Waals surface area contributed by atoms with Crippen LogP contribution in [-0.2, 0) is 35.4 Å². The molecule has 1 atom stereocenters. The summed E-state index contributed by atoms with van der Waals surface area (Å²) >= 11 is 3.52. The van der Waals surface area contributed by atoms with Gasteiger partial charge in [-0.15, -0.1) is 0 Å². The van der Waals surface area contributed by atoms with Gasteiger partial charge in [0.15, 0.2) is 0 Å². The van der Waals surface area contributed by atoms with Crippen molar-refractivity contribution in [3.05, 3.63) is 106 Å². The molecule has 3 aromatic rings. The van der Waals surface area contributed by atoms with Gasteiger partial charge in [-0.1, -0.05) is 89.6 Å². The molecule has 3 rings (SSSR count). The molecule has 5 heteroatoms. The van der Waals surface area contributed by atoms with Crippen molar-refractivity contribution in [1.29, 1.82) is 0 Å². The molecular weight excluding hydrogens is 488 g/mol. The molecular formula is C29H33BrN2O2. The third-order valence-electron chi connectivity index (χ3n) is 5.92. The average Bonchev–Trinajstić information content (AvgIpc) is 2.85. The lowest BCUT2D eigenvalue weighted by Crippen LogP contribution is -2.50. The van der Waals surface area contributed by atoms with E-state index in [1.807, 2.05) is 61.5 Å². The zero-order valence-electron chi connectivity index (χ0n) is 20.0. The molecule has 178 valence electrons. The first kappa shape index (κ1) is 25.7. The van der Waals surface area contributed by atoms with Crippen molar-refractivity contribution in [1.82, 2.24) is 10.2 Å². The first-order valence-electron chi connectivity index (χ1n) is 11.9. The second-order valence-electron chi connectivity index (χ2n) is 8.42. The predicted octanol–water partition coefficient (Wildman–Crippen LogP) is 5.72. The molecule has 0 saturated carbocycles. The van der Waals surface area contributed by atoms with E-state index in [2.05, 4.69) is 52.4 Å². The normalized spacial score (nSPS) is 11.6. The van der Waals surface area contributed by atoms with Crippen molar-refractivity contribution in [3.8, 4) is 0 Å². The number of hydrogen-bond donors (Lipinski definition) is 1. The molecule has 0 fully saturated rings. The number of rotatable bonds is 11. The molecule has 0 heterocycles. The molecule has 1 N–H and O–H groups in total. The lowest BCUT2D eigenvalue weighted by Gasteiger charge is -2.31. The Bertz CT molecular complexity index is 1070. The Labute approximate surface area is 211 Å². The van der Waals surface area contributed by atoms with E-state index in [4.69, 9.17) is 0 Å². The van der Waals surface area contributed by atoms with Gasteiger partial charge in [-0.3, -0.25) is 9.59 Å². The Morgan fingerprint density at radius 3 is 2.18 bits per heavy atom. The van der Waals surface area contributed by atoms with Crippen molar-refractivity contribution in [2.24, 2.45) is 0 Å². The highest BCUT2D eigenvalue weighted by Crippen LogP contribution is 2.19. The minimum Gasteiger partial charge on any atom is -0.355 e. The van der Waals surface area contributed by atoms with Gasteiger partial charge in [-0.25, -0.2) is 0 Å². The van der Waals surface area contributed by atoms with Gasteiger partial charge in [-0.2, -0.15) is 0 Å². The van der Waals surface area contributed by atoms with Crippen molar-refractivity contribution < 1.29 is 9.59 Å². The maximum Gasteiger partial charge on any atom is 0.243 e. The van der Waals surface area contributed by atoms with Gasteiger partial charge in [0.05, 0.1) is 0 Å². The Kier molecular flexibility index (Phi) is 9.89. The van der Waals surface area contributed by atoms with Crippen LogP contribution in [-0.4, -0.2) is 29.3 Å². The van der Waals surface area contributed by atoms with Crippen LogP contribution in [0.3, 0.4) is 0 Å². The first-order valence-corrected chi connectivity index (χ1v) is 12.7. The van der Waals surface area contributed by atoms with Crippen LogP contribution in [0.15, 0.2) is 83.3 Å². The molecule has 0 bridgehead atoms. The van der Waals surface area contributed by atoms with Crippen molar-refractivity contribution >= 4 is 27.7 Å². The SMILES string of the molecule is CCNC(=O)[C@H](Cc1ccccc1)N(Cc1cccc(Br)c1)C(=O)CCc1ccc(CC)cc1. The second kappa shape index (κ2) is 13.1. The van der Waals surface area contributed by atoms with Crippen LogP contribution >= 0.6 is 15.9 Å². The number of hydrogen-bond acceptors (Lipinski definition) is 2. The summed E-state index contributed by atoms with van der Waals surface area (Å²) in [6.45, 7) is 4.93. The molecule has 0 aromatic heterocycles. The summed E-state index contributed by atoms with van der Waals surface area (Å²) in [4.78, 5) is 28.5. The van der Waals surface area contributed by atoms with Gasteiger partial charge in [0.2, 0.25) is 11.8 Å². The number of nitrogens with zero attached hydrogens (tertiary/aromatic N) is 1. The highest BCUT2D eigenvalue weighted by molar-refractivity contribution is 9.10. The quantitative estimate of drug-likeness (QED) is 0.351. The fourth-order valence-corrected chi connectivity index (χ4v) is 4.46. The second-order valence-corrected chi connectivity index (χ2v) is 9.34. The van der Waals surface area contributed by atoms with Crippen molar-refractivity contribution in [3.63, 3.8) is 0 Å². The standard InChI is InChI=1S/C29H33BrN2O2/c1-3-22-13-15-23(16-14-22)17-18-28(33)32(21-25-11-8-12-26(30)19-25)27(29(34)31-4-2)20-24-9-6-5-7-10-24/h5-16,19,27H,3-4,17-18,20-21H2,1-2H3,(H,31,34)/t27-/m0/s1. The highest BCUT2D eigenvalue weighted by Gasteiger charge is 2.29. The van der Waals surface area contributed by atoms with E-state index in [0.717, 1.165) is 27.6 Å². The van der Waals surface area contributed by atoms with Gasteiger partial charge in [0, 0.05) is 30.4 Å². The number of carbonyl (C=O) groups excluding carboxylic acids is 2. The fourth-order valence-electron chi connectivity index (χ4n) is 4.01. The Morgan fingerprint density at radius 2 is 1.53 bits per heavy atom. The minimum absolute atomic E-state index is 0.0215. The zero-order valence-corrected chi connectivity index (χ0v) is 21.6. The van der Waals surface area contributed by atoms with Gasteiger partial charge in [-0.05, 0) is 54.2 Å². The molecule has 0 aliphatic heterocycles. The lowest BCUT2D eigenvalue weighted by molar-refractivity contribution is -0.141. The monoisotopic (exact) mass is 520 g/mol. The smallest absolute Gasteiger partial charge is 0.243 e. The number of likely N-dealkylation sites (N-methyl/N-ethyl adjacent to an activating group) is 1. The van der Waals surface area contributed by atoms with E-state index in [1.54, 1.807) is 4.90 Å². The number of carbonyl (C=O) groups is 2. The summed E-state index contributed by atoms with van der Waals surface area (Å²) < 4.78 is 0.950. The van der Waals surface area contributed by atoms with Crippen LogP contribution in [0.25, 0.3) is 0 Å². The first-order chi connectivity index (χ1) is 16.5. The Morgan fingerprint density at radius 1 is 0.853 bits per heavy atom. The van der Waals surface area contributed by atoms with E-state index < -0.39 is 6.04 Å². The summed E-state index contributed by atoms with van der Waals surface area (Å²) in [5, 5.41) is 2.94. The van der Waals surface area contributed by atoms with E-state index >= 15 is 0 Å². The fraction of sp³-hybridized carbons (Fsp3) is 0.310. The van der Waals surface area contributed by atoms with Gasteiger partial charge >= 0.3 is 0 Å². The molecule has 2 amide bonds. The maximum atomic E-state index is 13.6. The lowest BCUT2D eigenvalue weighted by atomic mass is 10.0. The van der Waals surface area contributed by atoms with Crippen LogP contribution in [0.1, 0.15) is 42.5 Å². The van der Waals surface area contributed by atoms with Crippen molar-refractivity contribution in [2.45, 2.75) is 52.1 Å². The molecule has 0 unspecified atom stereocenters. The van der Waals surface area contributed by atoms with E-state index in [1.165, 1.54) is 5.56 Å². The molecule has 0 aliphatic rings. The molecule has 34 heavy (non-hydrogen) atoms. The summed E-state index contributed by atoms with van der Waals surface area (Å²) in [6, 6.07) is 25.6. The summed E-state index contributed by atoms with van der Waals surface area (Å²) in [6.07, 6.45) is 2.46. The minimum atomic E-state index is -0.587. The molecule has 3 aromatic carbocycles. The summed E-state index contributed by atoms with van der Waals surface area (Å²) in [5.41, 5.74) is 4.43. The largest absolute Gasteiger partial charge is 0.355 e. The highest BCUT2D eigenvalue weighted by atomic mass is 79.9. The molecule has 0 aliphatic carbocycles. The topological polar surface area (TPSA) is 49.4 Å². The molecule has 0 saturated heterocycles. The van der Waals surface area contributed by atoms with Crippen LogP contribution in [0.2, 0.25) is 0 Å². The third kappa shape index (κ3) is 7.56. The van der Waals surface area contributed by atoms with Gasteiger partial charge < -0.3 is 10.2 Å². The van der Waals surface area contributed by atoms with Gasteiger partial charge in [0.1, 0.15) is 6.04 Å². The number of benzene rings is 3. The number of halogens is 1. The Balaban J connectivity index is 1.86. The van der Waals surface area contributed by atoms with Gasteiger partial charge in [0.25, 0.3) is 0 Å². The number of nitrogens with one attached hydrogen (secondary N) is 1. The Hall–Kier alpha value is -2.92. The van der Waals surface area contributed by atoms with E-state index in [0.29, 0.717) is 32.4 Å². The van der Waals surface area contributed by atoms with Crippen LogP contribution in [0.5, 0.6) is 0 Å². The predicted molar refractivity (Wildman–Crippen MR) is 141 cm³/mol. The number of aryl methyl sites for hydroxylation is 2. The van der Waals surface area contributed by atoms with E-state index in [9.17, 15) is 9.59 Å². The van der Waals surface area contributed by atoms with Crippen LogP contribution in [0, 0.1) is 0 Å². The average molecular weight is 521 g/mol. The van der Waals surface area contributed by atoms with Crippen molar-refractivity contribution in [2.75, 3.05) is 6.54 Å². The molecule has 0 radical (unpaired) electrons. The van der Waals surface area contributed by atoms with Crippen LogP contribution < -0.4 is 5.32 Å². The van der Waals surface area contributed by atoms with Crippen LogP contribution in [0.4, 0.5) is 0 Å². The zero-order chi connectivity index (χ0) is 24.3. The number of amides is 2.